The van der Waals surface area contributed by atoms with Gasteiger partial charge in [0, 0.05) is 6.54 Å². The molecule has 1 aromatic carbocycles. The minimum absolute atomic E-state index is 0.0823. The lowest BCUT2D eigenvalue weighted by Crippen LogP contribution is -2.32. The smallest absolute Gasteiger partial charge is 0.123 e. The summed E-state index contributed by atoms with van der Waals surface area (Å²) in [5, 5.41) is 9.67. The number of ether oxygens (including phenoxy) is 1. The van der Waals surface area contributed by atoms with Crippen molar-refractivity contribution in [3.8, 4) is 5.75 Å². The van der Waals surface area contributed by atoms with Crippen LogP contribution in [0.5, 0.6) is 5.75 Å². The fraction of sp³-hybridized carbons (Fsp3) is 0.538. The molecule has 0 radical (unpaired) electrons. The van der Waals surface area contributed by atoms with E-state index in [-0.39, 0.29) is 12.1 Å². The first-order valence-corrected chi connectivity index (χ1v) is 5.72. The summed E-state index contributed by atoms with van der Waals surface area (Å²) < 4.78 is 5.87. The van der Waals surface area contributed by atoms with Gasteiger partial charge in [-0.1, -0.05) is 6.07 Å². The average molecular weight is 221 g/mol. The van der Waals surface area contributed by atoms with Crippen LogP contribution in [0.2, 0.25) is 0 Å². The van der Waals surface area contributed by atoms with Crippen molar-refractivity contribution in [1.29, 1.82) is 0 Å². The molecule has 1 aliphatic heterocycles. The third-order valence-electron chi connectivity index (χ3n) is 3.08. The third-order valence-corrected chi connectivity index (χ3v) is 3.08. The summed E-state index contributed by atoms with van der Waals surface area (Å²) in [6.07, 6.45) is 1.43. The number of fused-ring (bicyclic) bond motifs is 1. The van der Waals surface area contributed by atoms with Gasteiger partial charge >= 0.3 is 0 Å². The van der Waals surface area contributed by atoms with Gasteiger partial charge in [-0.25, -0.2) is 0 Å². The first kappa shape index (κ1) is 11.4. The summed E-state index contributed by atoms with van der Waals surface area (Å²) in [5.41, 5.74) is 7.41. The summed E-state index contributed by atoms with van der Waals surface area (Å²) in [7, 11) is 0. The van der Waals surface area contributed by atoms with Crippen molar-refractivity contribution >= 4 is 0 Å². The van der Waals surface area contributed by atoms with Gasteiger partial charge in [0.2, 0.25) is 0 Å². The number of hydrogen-bond acceptors (Lipinski definition) is 3. The van der Waals surface area contributed by atoms with Crippen LogP contribution in [0.25, 0.3) is 0 Å². The highest BCUT2D eigenvalue weighted by atomic mass is 16.5. The maximum absolute atomic E-state index is 9.67. The van der Waals surface area contributed by atoms with E-state index in [0.29, 0.717) is 0 Å². The van der Waals surface area contributed by atoms with Gasteiger partial charge in [0.05, 0.1) is 6.10 Å². The quantitative estimate of drug-likeness (QED) is 0.800. The Hall–Kier alpha value is -1.06. The van der Waals surface area contributed by atoms with Crippen LogP contribution in [0.4, 0.5) is 0 Å². The van der Waals surface area contributed by atoms with Crippen molar-refractivity contribution in [1.82, 2.24) is 0 Å². The summed E-state index contributed by atoms with van der Waals surface area (Å²) in [6, 6.07) is 5.82. The normalized spacial score (nSPS) is 19.8. The van der Waals surface area contributed by atoms with Crippen LogP contribution < -0.4 is 10.5 Å². The topological polar surface area (TPSA) is 55.5 Å². The molecule has 88 valence electrons. The lowest BCUT2D eigenvalue weighted by molar-refractivity contribution is 0.0844. The van der Waals surface area contributed by atoms with Crippen molar-refractivity contribution in [2.45, 2.75) is 38.4 Å². The monoisotopic (exact) mass is 221 g/mol. The molecule has 0 aromatic heterocycles. The van der Waals surface area contributed by atoms with Gasteiger partial charge in [0.15, 0.2) is 0 Å². The highest BCUT2D eigenvalue weighted by Gasteiger charge is 2.26. The van der Waals surface area contributed by atoms with Crippen LogP contribution in [0.3, 0.4) is 0 Å². The Kier molecular flexibility index (Phi) is 2.91. The Bertz CT molecular complexity index is 388. The molecule has 0 unspecified atom stereocenters. The Balaban J connectivity index is 2.28. The van der Waals surface area contributed by atoms with E-state index in [9.17, 15) is 5.11 Å². The van der Waals surface area contributed by atoms with Crippen LogP contribution >= 0.6 is 0 Å². The van der Waals surface area contributed by atoms with Gasteiger partial charge in [0.1, 0.15) is 11.4 Å². The lowest BCUT2D eigenvalue weighted by atomic mass is 9.92. The molecule has 0 bridgehead atoms. The molecule has 0 aliphatic carbocycles. The van der Waals surface area contributed by atoms with E-state index in [1.54, 1.807) is 0 Å². The number of benzene rings is 1. The highest BCUT2D eigenvalue weighted by molar-refractivity contribution is 5.40. The van der Waals surface area contributed by atoms with Crippen molar-refractivity contribution in [2.24, 2.45) is 5.73 Å². The largest absolute Gasteiger partial charge is 0.488 e. The minimum atomic E-state index is -0.569. The second kappa shape index (κ2) is 4.07. The third kappa shape index (κ3) is 2.20. The summed E-state index contributed by atoms with van der Waals surface area (Å²) in [5.74, 6) is 0.934. The van der Waals surface area contributed by atoms with Crippen LogP contribution in [0.1, 0.15) is 37.5 Å². The number of hydrogen-bond donors (Lipinski definition) is 2. The Morgan fingerprint density at radius 2 is 2.25 bits per heavy atom. The van der Waals surface area contributed by atoms with Gasteiger partial charge in [-0.05, 0) is 49.9 Å². The second-order valence-electron chi connectivity index (χ2n) is 4.98. The molecule has 3 heteroatoms. The Morgan fingerprint density at radius 1 is 1.50 bits per heavy atom. The lowest BCUT2D eigenvalue weighted by Gasteiger charge is -2.33. The minimum Gasteiger partial charge on any atom is -0.488 e. The molecular formula is C13H19NO2. The van der Waals surface area contributed by atoms with Crippen molar-refractivity contribution in [2.75, 3.05) is 6.54 Å². The zero-order valence-corrected chi connectivity index (χ0v) is 9.86. The van der Waals surface area contributed by atoms with Crippen LogP contribution in [-0.4, -0.2) is 17.3 Å². The highest BCUT2D eigenvalue weighted by Crippen LogP contribution is 2.34. The molecule has 1 aliphatic rings. The first-order chi connectivity index (χ1) is 7.52. The van der Waals surface area contributed by atoms with Gasteiger partial charge in [-0.3, -0.25) is 0 Å². The maximum Gasteiger partial charge on any atom is 0.123 e. The molecule has 3 nitrogen and oxygen atoms in total. The Labute approximate surface area is 96.2 Å². The van der Waals surface area contributed by atoms with E-state index in [2.05, 4.69) is 13.8 Å². The zero-order valence-electron chi connectivity index (χ0n) is 9.86. The number of nitrogens with two attached hydrogens (primary N) is 1. The van der Waals surface area contributed by atoms with Crippen LogP contribution in [-0.2, 0) is 6.42 Å². The first-order valence-electron chi connectivity index (χ1n) is 5.72. The van der Waals surface area contributed by atoms with Crippen LogP contribution in [0.15, 0.2) is 18.2 Å². The fourth-order valence-electron chi connectivity index (χ4n) is 2.02. The molecule has 1 aromatic rings. The molecule has 2 rings (SSSR count). The summed E-state index contributed by atoms with van der Waals surface area (Å²) >= 11 is 0. The van der Waals surface area contributed by atoms with E-state index < -0.39 is 6.10 Å². The van der Waals surface area contributed by atoms with Crippen LogP contribution in [0, 0.1) is 0 Å². The SMILES string of the molecule is CC1(C)CCc2cc([C@@H](O)CN)ccc2O1. The number of aryl methyl sites for hydroxylation is 1. The molecule has 3 N–H and O–H groups in total. The standard InChI is InChI=1S/C13H19NO2/c1-13(2)6-5-10-7-9(11(15)8-14)3-4-12(10)16-13/h3-4,7,11,15H,5-6,8,14H2,1-2H3/t11-/m0/s1. The van der Waals surface area contributed by atoms with Crippen molar-refractivity contribution < 1.29 is 9.84 Å². The van der Waals surface area contributed by atoms with Gasteiger partial charge in [-0.15, -0.1) is 0 Å². The molecule has 0 amide bonds. The van der Waals surface area contributed by atoms with Crippen molar-refractivity contribution in [3.05, 3.63) is 29.3 Å². The van der Waals surface area contributed by atoms with Gasteiger partial charge < -0.3 is 15.6 Å². The second-order valence-corrected chi connectivity index (χ2v) is 4.98. The number of aliphatic hydroxyl groups is 1. The van der Waals surface area contributed by atoms with E-state index in [4.69, 9.17) is 10.5 Å². The van der Waals surface area contributed by atoms with Gasteiger partial charge in [-0.2, -0.15) is 0 Å². The molecule has 1 heterocycles. The zero-order chi connectivity index (χ0) is 11.8. The molecule has 0 saturated heterocycles. The summed E-state index contributed by atoms with van der Waals surface area (Å²) in [4.78, 5) is 0. The Morgan fingerprint density at radius 3 is 2.94 bits per heavy atom. The van der Waals surface area contributed by atoms with E-state index in [0.717, 1.165) is 24.2 Å². The predicted molar refractivity (Wildman–Crippen MR) is 63.5 cm³/mol. The average Bonchev–Trinajstić information content (AvgIpc) is 2.26. The maximum atomic E-state index is 9.67. The van der Waals surface area contributed by atoms with E-state index in [1.807, 2.05) is 18.2 Å². The fourth-order valence-corrected chi connectivity index (χ4v) is 2.02. The van der Waals surface area contributed by atoms with Crippen molar-refractivity contribution in [3.63, 3.8) is 0 Å². The predicted octanol–water partition coefficient (Wildman–Crippen LogP) is 1.78. The number of rotatable bonds is 2. The molecule has 0 fully saturated rings. The van der Waals surface area contributed by atoms with E-state index >= 15 is 0 Å². The molecule has 0 saturated carbocycles. The summed E-state index contributed by atoms with van der Waals surface area (Å²) in [6.45, 7) is 4.45. The molecular weight excluding hydrogens is 202 g/mol. The molecule has 0 spiro atoms. The molecule has 16 heavy (non-hydrogen) atoms. The van der Waals surface area contributed by atoms with Gasteiger partial charge in [0.25, 0.3) is 0 Å². The molecule has 1 atom stereocenters. The van der Waals surface area contributed by atoms with E-state index in [1.165, 1.54) is 5.56 Å². The number of aliphatic hydroxyl groups excluding tert-OH is 1.